The van der Waals surface area contributed by atoms with Gasteiger partial charge in [0.15, 0.2) is 0 Å². The molecule has 1 aromatic rings. The number of nitrogens with one attached hydrogen (secondary N) is 1. The third kappa shape index (κ3) is 5.24. The van der Waals surface area contributed by atoms with Crippen LogP contribution in [0.25, 0.3) is 0 Å². The number of benzene rings is 1. The SMILES string of the molecule is O=C(C[C@@H]1CCC(=O)N1Cc1cc(F)cc(F)c1)N[C@@H](CC1CC1)C(=O)O. The standard InChI is InChI=1S/C19H22F2N2O4/c20-13-5-12(6-14(21)8-13)10-23-15(3-4-18(23)25)9-17(24)22-16(19(26)27)7-11-1-2-11/h5-6,8,11,15-16H,1-4,7,9-10H2,(H,22,24)(H,26,27)/t15-,16-/m0/s1. The van der Waals surface area contributed by atoms with Crippen molar-refractivity contribution >= 4 is 17.8 Å². The maximum atomic E-state index is 13.4. The Morgan fingerprint density at radius 2 is 1.85 bits per heavy atom. The highest BCUT2D eigenvalue weighted by Gasteiger charge is 2.34. The Bertz CT molecular complexity index is 731. The highest BCUT2D eigenvalue weighted by Crippen LogP contribution is 2.33. The maximum absolute atomic E-state index is 13.4. The van der Waals surface area contributed by atoms with Crippen molar-refractivity contribution in [2.24, 2.45) is 5.92 Å². The summed E-state index contributed by atoms with van der Waals surface area (Å²) in [5.74, 6) is -2.79. The summed E-state index contributed by atoms with van der Waals surface area (Å²) in [5, 5.41) is 11.8. The first-order valence-corrected chi connectivity index (χ1v) is 9.08. The van der Waals surface area contributed by atoms with Crippen molar-refractivity contribution in [2.75, 3.05) is 0 Å². The van der Waals surface area contributed by atoms with Gasteiger partial charge in [-0.05, 0) is 36.5 Å². The third-order valence-electron chi connectivity index (χ3n) is 5.05. The molecule has 2 N–H and O–H groups in total. The number of likely N-dealkylation sites (tertiary alicyclic amines) is 1. The van der Waals surface area contributed by atoms with Crippen LogP contribution in [-0.4, -0.2) is 39.9 Å². The van der Waals surface area contributed by atoms with Gasteiger partial charge in [-0.15, -0.1) is 0 Å². The highest BCUT2D eigenvalue weighted by molar-refractivity contribution is 5.85. The predicted octanol–water partition coefficient (Wildman–Crippen LogP) is 2.22. The summed E-state index contributed by atoms with van der Waals surface area (Å²) in [7, 11) is 0. The van der Waals surface area contributed by atoms with Gasteiger partial charge in [-0.2, -0.15) is 0 Å². The smallest absolute Gasteiger partial charge is 0.326 e. The summed E-state index contributed by atoms with van der Waals surface area (Å²) in [6, 6.07) is 1.72. The van der Waals surface area contributed by atoms with Gasteiger partial charge < -0.3 is 15.3 Å². The summed E-state index contributed by atoms with van der Waals surface area (Å²) in [4.78, 5) is 37.2. The van der Waals surface area contributed by atoms with Gasteiger partial charge in [-0.1, -0.05) is 12.8 Å². The zero-order valence-corrected chi connectivity index (χ0v) is 14.8. The molecule has 6 nitrogen and oxygen atoms in total. The van der Waals surface area contributed by atoms with Gasteiger partial charge in [0.2, 0.25) is 11.8 Å². The van der Waals surface area contributed by atoms with Crippen molar-refractivity contribution in [1.29, 1.82) is 0 Å². The Kier molecular flexibility index (Phi) is 5.72. The molecule has 0 radical (unpaired) electrons. The van der Waals surface area contributed by atoms with E-state index in [-0.39, 0.29) is 25.3 Å². The molecule has 0 bridgehead atoms. The molecule has 3 rings (SSSR count). The molecule has 8 heteroatoms. The van der Waals surface area contributed by atoms with Crippen molar-refractivity contribution in [1.82, 2.24) is 10.2 Å². The average Bonchev–Trinajstić information content (AvgIpc) is 3.33. The van der Waals surface area contributed by atoms with Crippen LogP contribution in [0.2, 0.25) is 0 Å². The van der Waals surface area contributed by atoms with Crippen LogP contribution in [0.4, 0.5) is 8.78 Å². The molecule has 2 atom stereocenters. The fourth-order valence-electron chi connectivity index (χ4n) is 3.50. The number of carbonyl (C=O) groups is 3. The number of hydrogen-bond acceptors (Lipinski definition) is 3. The van der Waals surface area contributed by atoms with Gasteiger partial charge in [0.05, 0.1) is 0 Å². The Morgan fingerprint density at radius 1 is 1.19 bits per heavy atom. The third-order valence-corrected chi connectivity index (χ3v) is 5.05. The van der Waals surface area contributed by atoms with Gasteiger partial charge in [-0.25, -0.2) is 13.6 Å². The lowest BCUT2D eigenvalue weighted by Gasteiger charge is -2.25. The molecule has 1 aliphatic carbocycles. The normalized spacial score (nSPS) is 20.6. The minimum atomic E-state index is -1.06. The monoisotopic (exact) mass is 380 g/mol. The van der Waals surface area contributed by atoms with Gasteiger partial charge in [0.25, 0.3) is 0 Å². The molecule has 146 valence electrons. The van der Waals surface area contributed by atoms with Crippen molar-refractivity contribution in [3.8, 4) is 0 Å². The van der Waals surface area contributed by atoms with Crippen LogP contribution in [0.1, 0.15) is 44.1 Å². The second-order valence-electron chi connectivity index (χ2n) is 7.33. The molecule has 2 fully saturated rings. The summed E-state index contributed by atoms with van der Waals surface area (Å²) in [6.07, 6.45) is 3.04. The number of carboxylic acids is 1. The van der Waals surface area contributed by atoms with E-state index in [1.54, 1.807) is 0 Å². The lowest BCUT2D eigenvalue weighted by atomic mass is 10.1. The first-order valence-electron chi connectivity index (χ1n) is 9.08. The molecule has 1 saturated carbocycles. The predicted molar refractivity (Wildman–Crippen MR) is 91.5 cm³/mol. The zero-order chi connectivity index (χ0) is 19.6. The van der Waals surface area contributed by atoms with Gasteiger partial charge in [-0.3, -0.25) is 9.59 Å². The lowest BCUT2D eigenvalue weighted by molar-refractivity contribution is -0.142. The van der Waals surface area contributed by atoms with E-state index in [0.29, 0.717) is 24.3 Å². The van der Waals surface area contributed by atoms with Crippen molar-refractivity contribution < 1.29 is 28.3 Å². The minimum absolute atomic E-state index is 0.00981. The number of carbonyl (C=O) groups excluding carboxylic acids is 2. The molecule has 2 amide bonds. The molecule has 0 aromatic heterocycles. The maximum Gasteiger partial charge on any atom is 0.326 e. The average molecular weight is 380 g/mol. The van der Waals surface area contributed by atoms with E-state index >= 15 is 0 Å². The van der Waals surface area contributed by atoms with E-state index < -0.39 is 35.6 Å². The van der Waals surface area contributed by atoms with Crippen LogP contribution in [0.15, 0.2) is 18.2 Å². The molecular weight excluding hydrogens is 358 g/mol. The first-order chi connectivity index (χ1) is 12.8. The lowest BCUT2D eigenvalue weighted by Crippen LogP contribution is -2.44. The molecular formula is C19H22F2N2O4. The summed E-state index contributed by atoms with van der Waals surface area (Å²) in [6.45, 7) is 0.00981. The first kappa shape index (κ1) is 19.3. The summed E-state index contributed by atoms with van der Waals surface area (Å²) in [5.41, 5.74) is 0.310. The molecule has 0 unspecified atom stereocenters. The Labute approximate surface area is 155 Å². The van der Waals surface area contributed by atoms with E-state index in [1.807, 2.05) is 0 Å². The highest BCUT2D eigenvalue weighted by atomic mass is 19.1. The molecule has 1 aliphatic heterocycles. The van der Waals surface area contributed by atoms with Gasteiger partial charge in [0, 0.05) is 31.5 Å². The number of amides is 2. The molecule has 1 saturated heterocycles. The largest absolute Gasteiger partial charge is 0.480 e. The van der Waals surface area contributed by atoms with Crippen LogP contribution in [-0.2, 0) is 20.9 Å². The topological polar surface area (TPSA) is 86.7 Å². The van der Waals surface area contributed by atoms with Crippen molar-refractivity contribution in [2.45, 2.75) is 57.2 Å². The van der Waals surface area contributed by atoms with Crippen LogP contribution in [0, 0.1) is 17.6 Å². The van der Waals surface area contributed by atoms with Crippen LogP contribution in [0.5, 0.6) is 0 Å². The number of nitrogens with zero attached hydrogens (tertiary/aromatic N) is 1. The van der Waals surface area contributed by atoms with Crippen LogP contribution in [0.3, 0.4) is 0 Å². The number of rotatable bonds is 8. The van der Waals surface area contributed by atoms with E-state index in [9.17, 15) is 28.3 Å². The summed E-state index contributed by atoms with van der Waals surface area (Å²) < 4.78 is 26.7. The number of aliphatic carboxylic acids is 1. The Hall–Kier alpha value is -2.51. The number of hydrogen-bond donors (Lipinski definition) is 2. The van der Waals surface area contributed by atoms with E-state index in [0.717, 1.165) is 31.0 Å². The summed E-state index contributed by atoms with van der Waals surface area (Å²) >= 11 is 0. The second-order valence-corrected chi connectivity index (χ2v) is 7.33. The van der Waals surface area contributed by atoms with Crippen molar-refractivity contribution in [3.63, 3.8) is 0 Å². The quantitative estimate of drug-likeness (QED) is 0.724. The zero-order valence-electron chi connectivity index (χ0n) is 14.8. The van der Waals surface area contributed by atoms with Crippen LogP contribution < -0.4 is 5.32 Å². The fourth-order valence-corrected chi connectivity index (χ4v) is 3.50. The second kappa shape index (κ2) is 8.02. The van der Waals surface area contributed by atoms with Gasteiger partial charge in [0.1, 0.15) is 17.7 Å². The van der Waals surface area contributed by atoms with Gasteiger partial charge >= 0.3 is 5.97 Å². The minimum Gasteiger partial charge on any atom is -0.480 e. The Morgan fingerprint density at radius 3 is 2.44 bits per heavy atom. The number of halogens is 2. The van der Waals surface area contributed by atoms with E-state index in [4.69, 9.17) is 0 Å². The van der Waals surface area contributed by atoms with Crippen LogP contribution >= 0.6 is 0 Å². The molecule has 1 heterocycles. The molecule has 1 aromatic carbocycles. The fraction of sp³-hybridized carbons (Fsp3) is 0.526. The molecule has 0 spiro atoms. The van der Waals surface area contributed by atoms with E-state index in [2.05, 4.69) is 5.32 Å². The Balaban J connectivity index is 1.61. The molecule has 27 heavy (non-hydrogen) atoms. The van der Waals surface area contributed by atoms with E-state index in [1.165, 1.54) is 4.90 Å². The number of carboxylic acid groups (broad SMARTS) is 1. The molecule has 2 aliphatic rings. The van der Waals surface area contributed by atoms with Crippen molar-refractivity contribution in [3.05, 3.63) is 35.4 Å².